The van der Waals surface area contributed by atoms with E-state index in [0.717, 1.165) is 0 Å². The predicted octanol–water partition coefficient (Wildman–Crippen LogP) is 0.712. The molecule has 1 fully saturated rings. The van der Waals surface area contributed by atoms with Crippen molar-refractivity contribution in [1.82, 2.24) is 4.90 Å². The molecule has 19 heavy (non-hydrogen) atoms. The summed E-state index contributed by atoms with van der Waals surface area (Å²) >= 11 is 0. The number of amides is 1. The van der Waals surface area contributed by atoms with Crippen molar-refractivity contribution in [2.75, 3.05) is 20.3 Å². The van der Waals surface area contributed by atoms with E-state index in [0.29, 0.717) is 12.8 Å². The second-order valence-electron chi connectivity index (χ2n) is 4.20. The molecule has 108 valence electrons. The van der Waals surface area contributed by atoms with E-state index in [1.54, 1.807) is 6.92 Å². The van der Waals surface area contributed by atoms with Gasteiger partial charge in [-0.15, -0.1) is 0 Å². The van der Waals surface area contributed by atoms with Crippen LogP contribution in [0, 0.1) is 0 Å². The summed E-state index contributed by atoms with van der Waals surface area (Å²) in [6.45, 7) is 3.39. The third kappa shape index (κ3) is 4.11. The molecule has 0 aromatic rings. The molecule has 0 N–H and O–H groups in total. The molecule has 1 rings (SSSR count). The second kappa shape index (κ2) is 6.96. The van der Waals surface area contributed by atoms with Crippen molar-refractivity contribution >= 4 is 18.0 Å². The molecule has 1 amide bonds. The van der Waals surface area contributed by atoms with E-state index >= 15 is 0 Å². The van der Waals surface area contributed by atoms with Gasteiger partial charge in [-0.3, -0.25) is 9.69 Å². The number of piperidine rings is 1. The summed E-state index contributed by atoms with van der Waals surface area (Å²) in [7, 11) is 1.24. The number of ether oxygens (including phenoxy) is 3. The van der Waals surface area contributed by atoms with Crippen LogP contribution in [-0.2, 0) is 23.8 Å². The fraction of sp³-hybridized carbons (Fsp3) is 0.750. The van der Waals surface area contributed by atoms with Crippen LogP contribution in [0.5, 0.6) is 0 Å². The van der Waals surface area contributed by atoms with Gasteiger partial charge in [-0.1, -0.05) is 0 Å². The molecule has 1 heterocycles. The highest BCUT2D eigenvalue weighted by atomic mass is 16.6. The summed E-state index contributed by atoms with van der Waals surface area (Å²) in [5.74, 6) is -0.876. The van der Waals surface area contributed by atoms with Gasteiger partial charge < -0.3 is 14.2 Å². The molecule has 0 spiro atoms. The van der Waals surface area contributed by atoms with Crippen LogP contribution in [0.25, 0.3) is 0 Å². The van der Waals surface area contributed by atoms with E-state index in [9.17, 15) is 14.4 Å². The molecule has 1 aliphatic heterocycles. The molecular formula is C12H19NO6. The molecule has 7 nitrogen and oxygen atoms in total. The highest BCUT2D eigenvalue weighted by Crippen LogP contribution is 2.21. The molecule has 0 aromatic carbocycles. The van der Waals surface area contributed by atoms with Gasteiger partial charge in [0.1, 0.15) is 12.1 Å². The first kappa shape index (κ1) is 15.3. The second-order valence-corrected chi connectivity index (χ2v) is 4.20. The Balaban J connectivity index is 2.75. The molecular weight excluding hydrogens is 254 g/mol. The largest absolute Gasteiger partial charge is 0.464 e. The minimum atomic E-state index is -0.681. The van der Waals surface area contributed by atoms with Gasteiger partial charge in [-0.05, 0) is 19.8 Å². The number of hydrogen-bond donors (Lipinski definition) is 0. The smallest absolute Gasteiger partial charge is 0.410 e. The first-order chi connectivity index (χ1) is 8.99. The van der Waals surface area contributed by atoms with Crippen molar-refractivity contribution in [3.63, 3.8) is 0 Å². The first-order valence-electron chi connectivity index (χ1n) is 6.18. The molecule has 0 bridgehead atoms. The number of likely N-dealkylation sites (tertiary alicyclic amines) is 1. The van der Waals surface area contributed by atoms with Crippen LogP contribution in [0.3, 0.4) is 0 Å². The molecule has 7 heteroatoms. The molecule has 1 saturated heterocycles. The number of carbonyl (C=O) groups is 3. The summed E-state index contributed by atoms with van der Waals surface area (Å²) in [4.78, 5) is 35.6. The highest BCUT2D eigenvalue weighted by molar-refractivity contribution is 5.81. The van der Waals surface area contributed by atoms with Crippen LogP contribution in [0.15, 0.2) is 0 Å². The Bertz CT molecular complexity index is 356. The number of methoxy groups -OCH3 is 1. The Morgan fingerprint density at radius 2 is 1.95 bits per heavy atom. The van der Waals surface area contributed by atoms with E-state index in [2.05, 4.69) is 4.74 Å². The van der Waals surface area contributed by atoms with Gasteiger partial charge in [0, 0.05) is 6.92 Å². The maximum Gasteiger partial charge on any atom is 0.410 e. The predicted molar refractivity (Wildman–Crippen MR) is 64.3 cm³/mol. The van der Waals surface area contributed by atoms with E-state index in [1.807, 2.05) is 0 Å². The monoisotopic (exact) mass is 273 g/mol. The van der Waals surface area contributed by atoms with E-state index < -0.39 is 30.2 Å². The van der Waals surface area contributed by atoms with Crippen LogP contribution in [-0.4, -0.2) is 55.3 Å². The Morgan fingerprint density at radius 3 is 2.47 bits per heavy atom. The average Bonchev–Trinajstić information content (AvgIpc) is 2.37. The molecule has 0 aliphatic carbocycles. The fourth-order valence-electron chi connectivity index (χ4n) is 2.07. The summed E-state index contributed by atoms with van der Waals surface area (Å²) in [6.07, 6.45) is -0.153. The highest BCUT2D eigenvalue weighted by Gasteiger charge is 2.38. The lowest BCUT2D eigenvalue weighted by atomic mass is 10.0. The molecule has 0 radical (unpaired) electrons. The van der Waals surface area contributed by atoms with Crippen LogP contribution in [0.4, 0.5) is 4.79 Å². The minimum absolute atomic E-state index is 0.135. The molecule has 2 atom stereocenters. The Morgan fingerprint density at radius 1 is 1.26 bits per heavy atom. The zero-order valence-corrected chi connectivity index (χ0v) is 11.4. The average molecular weight is 273 g/mol. The number of carbonyl (C=O) groups excluding carboxylic acids is 3. The van der Waals surface area contributed by atoms with Crippen molar-refractivity contribution in [3.8, 4) is 0 Å². The summed E-state index contributed by atoms with van der Waals surface area (Å²) in [5.41, 5.74) is 0. The van der Waals surface area contributed by atoms with Crippen LogP contribution >= 0.6 is 0 Å². The van der Waals surface area contributed by atoms with E-state index in [-0.39, 0.29) is 13.2 Å². The first-order valence-corrected chi connectivity index (χ1v) is 6.18. The van der Waals surface area contributed by atoms with Gasteiger partial charge >= 0.3 is 18.0 Å². The topological polar surface area (TPSA) is 82.1 Å². The third-order valence-corrected chi connectivity index (χ3v) is 2.84. The van der Waals surface area contributed by atoms with Crippen molar-refractivity contribution in [1.29, 1.82) is 0 Å². The van der Waals surface area contributed by atoms with Crippen molar-refractivity contribution in [3.05, 3.63) is 0 Å². The Kier molecular flexibility index (Phi) is 5.59. The maximum atomic E-state index is 11.8. The lowest BCUT2D eigenvalue weighted by Gasteiger charge is -2.36. The van der Waals surface area contributed by atoms with Crippen LogP contribution in [0.2, 0.25) is 0 Å². The molecule has 0 aromatic heterocycles. The zero-order valence-electron chi connectivity index (χ0n) is 11.4. The number of hydrogen-bond acceptors (Lipinski definition) is 6. The lowest BCUT2D eigenvalue weighted by Crippen LogP contribution is -2.53. The summed E-state index contributed by atoms with van der Waals surface area (Å²) in [6, 6.07) is -0.681. The van der Waals surface area contributed by atoms with E-state index in [4.69, 9.17) is 9.47 Å². The lowest BCUT2D eigenvalue weighted by molar-refractivity contribution is -0.156. The van der Waals surface area contributed by atoms with Gasteiger partial charge in [0.15, 0.2) is 0 Å². The summed E-state index contributed by atoms with van der Waals surface area (Å²) in [5, 5.41) is 0. The van der Waals surface area contributed by atoms with Gasteiger partial charge in [0.25, 0.3) is 0 Å². The van der Waals surface area contributed by atoms with Crippen LogP contribution < -0.4 is 0 Å². The quantitative estimate of drug-likeness (QED) is 0.556. The normalized spacial score (nSPS) is 22.6. The Labute approximate surface area is 111 Å². The maximum absolute atomic E-state index is 11.8. The minimum Gasteiger partial charge on any atom is -0.464 e. The van der Waals surface area contributed by atoms with Crippen LogP contribution in [0.1, 0.15) is 26.7 Å². The number of nitrogens with zero attached hydrogens (tertiary/aromatic N) is 1. The number of esters is 2. The molecule has 1 aliphatic rings. The van der Waals surface area contributed by atoms with Gasteiger partial charge in [0.05, 0.1) is 20.3 Å². The van der Waals surface area contributed by atoms with Crippen molar-refractivity contribution in [2.24, 2.45) is 0 Å². The summed E-state index contributed by atoms with van der Waals surface area (Å²) < 4.78 is 14.6. The molecule has 0 unspecified atom stereocenters. The van der Waals surface area contributed by atoms with E-state index in [1.165, 1.54) is 18.9 Å². The number of rotatable bonds is 3. The van der Waals surface area contributed by atoms with Crippen molar-refractivity contribution in [2.45, 2.75) is 38.8 Å². The zero-order chi connectivity index (χ0) is 14.4. The van der Waals surface area contributed by atoms with Gasteiger partial charge in [-0.25, -0.2) is 9.59 Å². The fourth-order valence-corrected chi connectivity index (χ4v) is 2.07. The standard InChI is InChI=1S/C12H19NO6/c1-4-18-11(15)10-6-5-9(19-8(2)14)7-13(10)12(16)17-3/h9-10H,4-7H2,1-3H3/t9-,10+/m1/s1. The third-order valence-electron chi connectivity index (χ3n) is 2.84. The van der Waals surface area contributed by atoms with Gasteiger partial charge in [-0.2, -0.15) is 0 Å². The van der Waals surface area contributed by atoms with Gasteiger partial charge in [0.2, 0.25) is 0 Å². The Hall–Kier alpha value is -1.79. The SMILES string of the molecule is CCOC(=O)[C@@H]1CC[C@@H](OC(C)=O)CN1C(=O)OC. The van der Waals surface area contributed by atoms with Crippen molar-refractivity contribution < 1.29 is 28.6 Å². The molecule has 0 saturated carbocycles.